The lowest BCUT2D eigenvalue weighted by Gasteiger charge is -2.21. The maximum Gasteiger partial charge on any atom is 0.243 e. The molecule has 2 rings (SSSR count). The second-order valence-corrected chi connectivity index (χ2v) is 6.93. The number of nitrogens with two attached hydrogens (primary N) is 1. The summed E-state index contributed by atoms with van der Waals surface area (Å²) in [7, 11) is -3.48. The van der Waals surface area contributed by atoms with Gasteiger partial charge in [-0.05, 0) is 18.6 Å². The minimum atomic E-state index is -3.48. The molecule has 0 unspecified atom stereocenters. The summed E-state index contributed by atoms with van der Waals surface area (Å²) in [6, 6.07) is 8.40. The van der Waals surface area contributed by atoms with E-state index in [1.165, 1.54) is 4.31 Å². The van der Waals surface area contributed by atoms with Crippen LogP contribution in [0.25, 0.3) is 0 Å². The molecule has 0 aliphatic carbocycles. The zero-order valence-corrected chi connectivity index (χ0v) is 14.0. The van der Waals surface area contributed by atoms with Crippen LogP contribution in [0.1, 0.15) is 12.8 Å². The van der Waals surface area contributed by atoms with Gasteiger partial charge in [-0.3, -0.25) is 4.79 Å². The van der Waals surface area contributed by atoms with Gasteiger partial charge >= 0.3 is 0 Å². The highest BCUT2D eigenvalue weighted by atomic mass is 35.5. The number of sulfonamides is 1. The quantitative estimate of drug-likeness (QED) is 0.868. The maximum absolute atomic E-state index is 12.5. The first-order chi connectivity index (χ1) is 10.1. The number of hydrogen-bond donors (Lipinski definition) is 1. The van der Waals surface area contributed by atoms with Gasteiger partial charge in [0.25, 0.3) is 0 Å². The molecule has 0 radical (unpaired) electrons. The molecule has 1 fully saturated rings. The van der Waals surface area contributed by atoms with Gasteiger partial charge in [0.2, 0.25) is 15.9 Å². The van der Waals surface area contributed by atoms with E-state index in [9.17, 15) is 13.2 Å². The highest BCUT2D eigenvalue weighted by Crippen LogP contribution is 2.17. The molecule has 22 heavy (non-hydrogen) atoms. The number of halogens is 1. The SMILES string of the molecule is Cl.NCCC(=O)N1CCCN(S(=O)(=O)c2ccccc2)CC1. The third-order valence-electron chi connectivity index (χ3n) is 3.55. The third kappa shape index (κ3) is 4.42. The molecule has 1 heterocycles. The summed E-state index contributed by atoms with van der Waals surface area (Å²) in [4.78, 5) is 13.9. The van der Waals surface area contributed by atoms with Crippen LogP contribution in [-0.2, 0) is 14.8 Å². The van der Waals surface area contributed by atoms with E-state index in [4.69, 9.17) is 5.73 Å². The van der Waals surface area contributed by atoms with Crippen molar-refractivity contribution in [1.29, 1.82) is 0 Å². The van der Waals surface area contributed by atoms with Gasteiger partial charge in [-0.1, -0.05) is 18.2 Å². The Morgan fingerprint density at radius 1 is 1.09 bits per heavy atom. The van der Waals surface area contributed by atoms with Crippen LogP contribution in [0.5, 0.6) is 0 Å². The van der Waals surface area contributed by atoms with Crippen LogP contribution >= 0.6 is 12.4 Å². The van der Waals surface area contributed by atoms with Gasteiger partial charge in [0.15, 0.2) is 0 Å². The maximum atomic E-state index is 12.5. The lowest BCUT2D eigenvalue weighted by molar-refractivity contribution is -0.130. The van der Waals surface area contributed by atoms with Crippen molar-refractivity contribution < 1.29 is 13.2 Å². The zero-order chi connectivity index (χ0) is 15.3. The molecule has 1 saturated heterocycles. The number of benzene rings is 1. The van der Waals surface area contributed by atoms with Crippen LogP contribution in [-0.4, -0.2) is 56.3 Å². The average molecular weight is 348 g/mol. The first-order valence-corrected chi connectivity index (χ1v) is 8.53. The van der Waals surface area contributed by atoms with Crippen molar-refractivity contribution in [2.75, 3.05) is 32.7 Å². The summed E-state index contributed by atoms with van der Waals surface area (Å²) in [6.07, 6.45) is 0.952. The Kier molecular flexibility index (Phi) is 7.28. The highest BCUT2D eigenvalue weighted by molar-refractivity contribution is 7.89. The Labute approximate surface area is 137 Å². The van der Waals surface area contributed by atoms with Gasteiger partial charge in [0, 0.05) is 39.1 Å². The topological polar surface area (TPSA) is 83.7 Å². The normalized spacial score (nSPS) is 16.7. The van der Waals surface area contributed by atoms with Crippen molar-refractivity contribution in [2.24, 2.45) is 5.73 Å². The van der Waals surface area contributed by atoms with Crippen LogP contribution in [0.4, 0.5) is 0 Å². The van der Waals surface area contributed by atoms with E-state index in [1.807, 2.05) is 0 Å². The standard InChI is InChI=1S/C14H21N3O3S.ClH/c15-8-7-14(18)16-9-4-10-17(12-11-16)21(19,20)13-5-2-1-3-6-13;/h1-3,5-6H,4,7-12,15H2;1H. The van der Waals surface area contributed by atoms with Crippen molar-refractivity contribution in [3.05, 3.63) is 30.3 Å². The summed E-state index contributed by atoms with van der Waals surface area (Å²) in [5.74, 6) is -0.00328. The number of carbonyl (C=O) groups is 1. The van der Waals surface area contributed by atoms with Crippen molar-refractivity contribution >= 4 is 28.3 Å². The Balaban J connectivity index is 0.00000242. The van der Waals surface area contributed by atoms with Crippen molar-refractivity contribution in [3.63, 3.8) is 0 Å². The fourth-order valence-electron chi connectivity index (χ4n) is 2.41. The lowest BCUT2D eigenvalue weighted by atomic mass is 10.3. The summed E-state index contributed by atoms with van der Waals surface area (Å²) in [6.45, 7) is 2.09. The van der Waals surface area contributed by atoms with Crippen LogP contribution in [0.3, 0.4) is 0 Å². The van der Waals surface area contributed by atoms with Gasteiger partial charge in [0.05, 0.1) is 4.90 Å². The minimum absolute atomic E-state index is 0. The molecule has 2 N–H and O–H groups in total. The van der Waals surface area contributed by atoms with Crippen molar-refractivity contribution in [3.8, 4) is 0 Å². The molecule has 1 amide bonds. The molecule has 0 spiro atoms. The average Bonchev–Trinajstić information content (AvgIpc) is 2.75. The van der Waals surface area contributed by atoms with Gasteiger partial charge in [-0.15, -0.1) is 12.4 Å². The second kappa shape index (κ2) is 8.47. The Bertz CT molecular complexity index is 580. The molecule has 1 aromatic carbocycles. The van der Waals surface area contributed by atoms with E-state index in [1.54, 1.807) is 35.2 Å². The van der Waals surface area contributed by atoms with E-state index >= 15 is 0 Å². The number of hydrogen-bond acceptors (Lipinski definition) is 4. The first kappa shape index (κ1) is 18.9. The van der Waals surface area contributed by atoms with E-state index in [0.29, 0.717) is 50.5 Å². The monoisotopic (exact) mass is 347 g/mol. The molecule has 0 atom stereocenters. The number of nitrogens with zero attached hydrogens (tertiary/aromatic N) is 2. The molecule has 1 aliphatic rings. The fourth-order valence-corrected chi connectivity index (χ4v) is 3.90. The zero-order valence-electron chi connectivity index (χ0n) is 12.3. The van der Waals surface area contributed by atoms with Gasteiger partial charge in [-0.2, -0.15) is 4.31 Å². The van der Waals surface area contributed by atoms with Crippen molar-refractivity contribution in [1.82, 2.24) is 9.21 Å². The van der Waals surface area contributed by atoms with E-state index in [2.05, 4.69) is 0 Å². The predicted octanol–water partition coefficient (Wildman–Crippen LogP) is 0.680. The summed E-state index contributed by atoms with van der Waals surface area (Å²) in [5.41, 5.74) is 5.39. The molecule has 124 valence electrons. The van der Waals surface area contributed by atoms with Crippen molar-refractivity contribution in [2.45, 2.75) is 17.7 Å². The first-order valence-electron chi connectivity index (χ1n) is 7.09. The fraction of sp³-hybridized carbons (Fsp3) is 0.500. The van der Waals surface area contributed by atoms with E-state index < -0.39 is 10.0 Å². The Morgan fingerprint density at radius 3 is 2.41 bits per heavy atom. The van der Waals surface area contributed by atoms with Crippen LogP contribution in [0, 0.1) is 0 Å². The summed E-state index contributed by atoms with van der Waals surface area (Å²) >= 11 is 0. The molecular formula is C14H22ClN3O3S. The third-order valence-corrected chi connectivity index (χ3v) is 5.46. The summed E-state index contributed by atoms with van der Waals surface area (Å²) in [5, 5.41) is 0. The second-order valence-electron chi connectivity index (χ2n) is 4.99. The molecule has 6 nitrogen and oxygen atoms in total. The molecule has 0 bridgehead atoms. The molecule has 0 aromatic heterocycles. The summed E-state index contributed by atoms with van der Waals surface area (Å²) < 4.78 is 26.5. The smallest absolute Gasteiger partial charge is 0.243 e. The van der Waals surface area contributed by atoms with Gasteiger partial charge in [-0.25, -0.2) is 8.42 Å². The van der Waals surface area contributed by atoms with Crippen LogP contribution in [0.15, 0.2) is 35.2 Å². The minimum Gasteiger partial charge on any atom is -0.341 e. The molecular weight excluding hydrogens is 326 g/mol. The van der Waals surface area contributed by atoms with Gasteiger partial charge in [0.1, 0.15) is 0 Å². The predicted molar refractivity (Wildman–Crippen MR) is 87.3 cm³/mol. The van der Waals surface area contributed by atoms with E-state index in [0.717, 1.165) is 0 Å². The van der Waals surface area contributed by atoms with E-state index in [-0.39, 0.29) is 18.3 Å². The molecule has 1 aliphatic heterocycles. The molecule has 8 heteroatoms. The van der Waals surface area contributed by atoms with Crippen LogP contribution in [0.2, 0.25) is 0 Å². The highest BCUT2D eigenvalue weighted by Gasteiger charge is 2.27. The largest absolute Gasteiger partial charge is 0.341 e. The number of carbonyl (C=O) groups excluding carboxylic acids is 1. The number of amides is 1. The Hall–Kier alpha value is -1.15. The Morgan fingerprint density at radius 2 is 1.77 bits per heavy atom. The van der Waals surface area contributed by atoms with Gasteiger partial charge < -0.3 is 10.6 Å². The lowest BCUT2D eigenvalue weighted by Crippen LogP contribution is -2.37. The molecule has 0 saturated carbocycles. The van der Waals surface area contributed by atoms with Crippen LogP contribution < -0.4 is 5.73 Å². The number of rotatable bonds is 4. The molecule has 1 aromatic rings.